The van der Waals surface area contributed by atoms with Crippen molar-refractivity contribution in [3.63, 3.8) is 0 Å². The molecule has 2 heterocycles. The van der Waals surface area contributed by atoms with Crippen LogP contribution in [0, 0.1) is 0 Å². The zero-order valence-electron chi connectivity index (χ0n) is 15.7. The van der Waals surface area contributed by atoms with E-state index in [9.17, 15) is 0 Å². The molecule has 5 aromatic rings. The van der Waals surface area contributed by atoms with Crippen LogP contribution in [0.15, 0.2) is 83.6 Å². The molecule has 29 heavy (non-hydrogen) atoms. The maximum absolute atomic E-state index is 4.75. The fraction of sp³-hybridized carbons (Fsp3) is 0.0870. The Labute approximate surface area is 167 Å². The second kappa shape index (κ2) is 7.69. The van der Waals surface area contributed by atoms with Gasteiger partial charge < -0.3 is 5.32 Å². The molecule has 2 N–H and O–H groups in total. The molecule has 0 atom stereocenters. The minimum absolute atomic E-state index is 0.710. The predicted molar refractivity (Wildman–Crippen MR) is 112 cm³/mol. The highest BCUT2D eigenvalue weighted by molar-refractivity contribution is 5.73. The molecule has 5 rings (SSSR count). The Hall–Kier alpha value is -3.77. The van der Waals surface area contributed by atoms with Gasteiger partial charge in [0.05, 0.1) is 11.9 Å². The smallest absolute Gasteiger partial charge is 0.135 e. The van der Waals surface area contributed by atoms with Gasteiger partial charge in [0.15, 0.2) is 0 Å². The summed E-state index contributed by atoms with van der Waals surface area (Å²) in [6.07, 6.45) is 1.87. The third-order valence-corrected chi connectivity index (χ3v) is 4.96. The van der Waals surface area contributed by atoms with E-state index < -0.39 is 0 Å². The van der Waals surface area contributed by atoms with Crippen LogP contribution in [0.25, 0.3) is 33.4 Å². The Morgan fingerprint density at radius 3 is 2.38 bits per heavy atom. The predicted octanol–water partition coefficient (Wildman–Crippen LogP) is 4.57. The van der Waals surface area contributed by atoms with Crippen LogP contribution in [0.4, 0.5) is 0 Å². The topological polar surface area (TPSA) is 79.6 Å². The second-order valence-corrected chi connectivity index (χ2v) is 6.90. The first-order chi connectivity index (χ1) is 14.4. The van der Waals surface area contributed by atoms with E-state index in [4.69, 9.17) is 4.63 Å². The van der Waals surface area contributed by atoms with E-state index in [0.29, 0.717) is 6.54 Å². The minimum Gasteiger partial charge on any atom is -0.308 e. The molecule has 0 fully saturated rings. The van der Waals surface area contributed by atoms with Crippen LogP contribution in [0.2, 0.25) is 0 Å². The first kappa shape index (κ1) is 17.3. The maximum Gasteiger partial charge on any atom is 0.135 e. The normalized spacial score (nSPS) is 11.2. The van der Waals surface area contributed by atoms with Crippen molar-refractivity contribution >= 4 is 11.0 Å². The molecule has 0 amide bonds. The Morgan fingerprint density at radius 2 is 1.52 bits per heavy atom. The van der Waals surface area contributed by atoms with Crippen molar-refractivity contribution in [3.05, 3.63) is 90.1 Å². The highest BCUT2D eigenvalue weighted by Gasteiger charge is 2.08. The number of rotatable bonds is 6. The molecule has 142 valence electrons. The minimum atomic E-state index is 0.710. The van der Waals surface area contributed by atoms with Gasteiger partial charge in [0.25, 0.3) is 0 Å². The van der Waals surface area contributed by atoms with Gasteiger partial charge in [0.2, 0.25) is 0 Å². The summed E-state index contributed by atoms with van der Waals surface area (Å²) in [4.78, 5) is 0. The molecule has 0 bridgehead atoms. The molecule has 0 spiro atoms. The Morgan fingerprint density at radius 1 is 0.759 bits per heavy atom. The number of fused-ring (bicyclic) bond motifs is 1. The molecule has 6 heteroatoms. The van der Waals surface area contributed by atoms with Gasteiger partial charge in [-0.15, -0.1) is 0 Å². The summed E-state index contributed by atoms with van der Waals surface area (Å²) in [7, 11) is 0. The number of aromatic amines is 1. The largest absolute Gasteiger partial charge is 0.308 e. The van der Waals surface area contributed by atoms with E-state index in [1.54, 1.807) is 0 Å². The second-order valence-electron chi connectivity index (χ2n) is 6.90. The first-order valence-corrected chi connectivity index (χ1v) is 9.47. The van der Waals surface area contributed by atoms with E-state index >= 15 is 0 Å². The van der Waals surface area contributed by atoms with Crippen LogP contribution in [-0.4, -0.2) is 20.5 Å². The zero-order chi connectivity index (χ0) is 19.5. The fourth-order valence-electron chi connectivity index (χ4n) is 3.43. The average molecular weight is 381 g/mol. The van der Waals surface area contributed by atoms with Crippen LogP contribution in [0.1, 0.15) is 11.1 Å². The number of aromatic nitrogens is 4. The van der Waals surface area contributed by atoms with Gasteiger partial charge in [0, 0.05) is 18.7 Å². The quantitative estimate of drug-likeness (QED) is 0.450. The number of hydrogen-bond acceptors (Lipinski definition) is 5. The molecule has 2 aromatic heterocycles. The van der Waals surface area contributed by atoms with Crippen molar-refractivity contribution in [2.45, 2.75) is 13.1 Å². The molecule has 6 nitrogen and oxygen atoms in total. The van der Waals surface area contributed by atoms with Crippen molar-refractivity contribution < 1.29 is 4.63 Å². The van der Waals surface area contributed by atoms with Gasteiger partial charge >= 0.3 is 0 Å². The number of hydrogen-bond donors (Lipinski definition) is 2. The lowest BCUT2D eigenvalue weighted by Crippen LogP contribution is -2.12. The van der Waals surface area contributed by atoms with Crippen LogP contribution in [0.5, 0.6) is 0 Å². The molecule has 3 aromatic carbocycles. The monoisotopic (exact) mass is 381 g/mol. The van der Waals surface area contributed by atoms with Crippen molar-refractivity contribution in [2.24, 2.45) is 0 Å². The molecule has 0 aliphatic rings. The van der Waals surface area contributed by atoms with Gasteiger partial charge in [-0.2, -0.15) is 5.10 Å². The fourth-order valence-corrected chi connectivity index (χ4v) is 3.43. The summed E-state index contributed by atoms with van der Waals surface area (Å²) in [5.41, 5.74) is 8.36. The van der Waals surface area contributed by atoms with E-state index in [1.807, 2.05) is 30.5 Å². The van der Waals surface area contributed by atoms with E-state index in [-0.39, 0.29) is 0 Å². The Kier molecular flexibility index (Phi) is 4.60. The molecule has 0 aliphatic heterocycles. The number of nitrogens with one attached hydrogen (secondary N) is 2. The van der Waals surface area contributed by atoms with Gasteiger partial charge in [-0.1, -0.05) is 60.7 Å². The molecular weight excluding hydrogens is 362 g/mol. The lowest BCUT2D eigenvalue weighted by atomic mass is 10.0. The van der Waals surface area contributed by atoms with Crippen molar-refractivity contribution in [3.8, 4) is 22.4 Å². The van der Waals surface area contributed by atoms with Gasteiger partial charge in [0.1, 0.15) is 11.0 Å². The molecular formula is C23H19N5O. The summed E-state index contributed by atoms with van der Waals surface area (Å²) in [5.74, 6) is 0. The van der Waals surface area contributed by atoms with E-state index in [1.165, 1.54) is 11.1 Å². The Bertz CT molecular complexity index is 1230. The summed E-state index contributed by atoms with van der Waals surface area (Å²) in [6, 6.07) is 24.8. The van der Waals surface area contributed by atoms with Crippen LogP contribution >= 0.6 is 0 Å². The molecule has 0 unspecified atom stereocenters. The molecule has 0 aliphatic carbocycles. The Balaban J connectivity index is 1.28. The SMILES string of the molecule is c1ccc(-c2ccc(-c3[nH]ncc3CNCc3ccc4nonc4c3)cc2)cc1. The van der Waals surface area contributed by atoms with E-state index in [0.717, 1.165) is 40.0 Å². The average Bonchev–Trinajstić information content (AvgIpc) is 3.44. The first-order valence-electron chi connectivity index (χ1n) is 9.47. The van der Waals surface area contributed by atoms with Gasteiger partial charge in [-0.3, -0.25) is 5.10 Å². The zero-order valence-corrected chi connectivity index (χ0v) is 15.7. The summed E-state index contributed by atoms with van der Waals surface area (Å²) in [5, 5.41) is 18.6. The highest BCUT2D eigenvalue weighted by atomic mass is 16.6. The van der Waals surface area contributed by atoms with Crippen LogP contribution in [-0.2, 0) is 13.1 Å². The summed E-state index contributed by atoms with van der Waals surface area (Å²) >= 11 is 0. The highest BCUT2D eigenvalue weighted by Crippen LogP contribution is 2.25. The van der Waals surface area contributed by atoms with Gasteiger partial charge in [-0.25, -0.2) is 4.63 Å². The summed E-state index contributed by atoms with van der Waals surface area (Å²) in [6.45, 7) is 1.43. The van der Waals surface area contributed by atoms with E-state index in [2.05, 4.69) is 74.4 Å². The third kappa shape index (κ3) is 3.66. The summed E-state index contributed by atoms with van der Waals surface area (Å²) < 4.78 is 4.75. The standard InChI is InChI=1S/C23H19N5O/c1-2-4-17(5-3-1)18-7-9-19(10-8-18)23-20(15-25-26-23)14-24-13-16-6-11-21-22(12-16)28-29-27-21/h1-12,15,24H,13-14H2,(H,25,26). The van der Waals surface area contributed by atoms with Crippen LogP contribution in [0.3, 0.4) is 0 Å². The van der Waals surface area contributed by atoms with Crippen molar-refractivity contribution in [2.75, 3.05) is 0 Å². The number of benzene rings is 3. The molecule has 0 saturated carbocycles. The van der Waals surface area contributed by atoms with Crippen molar-refractivity contribution in [1.29, 1.82) is 0 Å². The van der Waals surface area contributed by atoms with Crippen LogP contribution < -0.4 is 5.32 Å². The van der Waals surface area contributed by atoms with Gasteiger partial charge in [-0.05, 0) is 44.7 Å². The lowest BCUT2D eigenvalue weighted by molar-refractivity contribution is 0.315. The lowest BCUT2D eigenvalue weighted by Gasteiger charge is -2.07. The molecule has 0 radical (unpaired) electrons. The maximum atomic E-state index is 4.75. The molecule has 0 saturated heterocycles. The number of nitrogens with zero attached hydrogens (tertiary/aromatic N) is 3. The van der Waals surface area contributed by atoms with Crippen molar-refractivity contribution in [1.82, 2.24) is 25.8 Å². The third-order valence-electron chi connectivity index (χ3n) is 4.96. The number of H-pyrrole nitrogens is 1.